The molecule has 1 saturated carbocycles. The van der Waals surface area contributed by atoms with Crippen molar-refractivity contribution in [2.75, 3.05) is 6.54 Å². The molecule has 1 aromatic rings. The van der Waals surface area contributed by atoms with Crippen LogP contribution in [0.1, 0.15) is 56.6 Å². The summed E-state index contributed by atoms with van der Waals surface area (Å²) in [5, 5.41) is 5.72. The summed E-state index contributed by atoms with van der Waals surface area (Å²) in [6.07, 6.45) is -1.43. The van der Waals surface area contributed by atoms with Gasteiger partial charge in [0.15, 0.2) is 0 Å². The number of benzene rings is 1. The van der Waals surface area contributed by atoms with E-state index < -0.39 is 11.7 Å². The first-order valence-corrected chi connectivity index (χ1v) is 8.88. The Morgan fingerprint density at radius 3 is 2.42 bits per heavy atom. The Balaban J connectivity index is 1.83. The van der Waals surface area contributed by atoms with Crippen LogP contribution in [0.2, 0.25) is 0 Å². The molecule has 2 N–H and O–H groups in total. The Morgan fingerprint density at radius 1 is 1.19 bits per heavy atom. The summed E-state index contributed by atoms with van der Waals surface area (Å²) in [7, 11) is 0. The van der Waals surface area contributed by atoms with E-state index in [-0.39, 0.29) is 29.7 Å². The van der Waals surface area contributed by atoms with Crippen molar-refractivity contribution in [2.24, 2.45) is 5.92 Å². The van der Waals surface area contributed by atoms with Crippen molar-refractivity contribution >= 4 is 11.8 Å². The monoisotopic (exact) mass is 370 g/mol. The minimum Gasteiger partial charge on any atom is -0.355 e. The van der Waals surface area contributed by atoms with Gasteiger partial charge in [-0.3, -0.25) is 9.59 Å². The van der Waals surface area contributed by atoms with E-state index in [0.29, 0.717) is 24.9 Å². The number of rotatable bonds is 5. The van der Waals surface area contributed by atoms with Gasteiger partial charge in [0.05, 0.1) is 5.56 Å². The third kappa shape index (κ3) is 5.75. The predicted molar refractivity (Wildman–Crippen MR) is 92.4 cm³/mol. The zero-order valence-electron chi connectivity index (χ0n) is 15.0. The highest BCUT2D eigenvalue weighted by Crippen LogP contribution is 2.31. The van der Waals surface area contributed by atoms with Crippen molar-refractivity contribution in [3.05, 3.63) is 35.4 Å². The predicted octanol–water partition coefficient (Wildman–Crippen LogP) is 3.62. The van der Waals surface area contributed by atoms with Gasteiger partial charge < -0.3 is 10.6 Å². The lowest BCUT2D eigenvalue weighted by Gasteiger charge is -2.28. The molecule has 2 amide bonds. The van der Waals surface area contributed by atoms with Gasteiger partial charge in [-0.15, -0.1) is 0 Å². The lowest BCUT2D eigenvalue weighted by Crippen LogP contribution is -2.40. The van der Waals surface area contributed by atoms with Crippen LogP contribution in [-0.2, 0) is 15.8 Å². The lowest BCUT2D eigenvalue weighted by molar-refractivity contribution is -0.137. The average molecular weight is 370 g/mol. The first kappa shape index (κ1) is 20.3. The molecule has 0 heterocycles. The molecule has 1 atom stereocenters. The van der Waals surface area contributed by atoms with E-state index in [1.807, 2.05) is 0 Å². The fourth-order valence-corrected chi connectivity index (χ4v) is 3.32. The number of alkyl halides is 3. The quantitative estimate of drug-likeness (QED) is 0.832. The van der Waals surface area contributed by atoms with Crippen LogP contribution in [0.5, 0.6) is 0 Å². The molecule has 0 bridgehead atoms. The van der Waals surface area contributed by atoms with Crippen molar-refractivity contribution in [2.45, 2.75) is 57.7 Å². The molecule has 7 heteroatoms. The number of carbonyl (C=O) groups excluding carboxylic acids is 2. The van der Waals surface area contributed by atoms with Gasteiger partial charge >= 0.3 is 6.18 Å². The molecule has 144 valence electrons. The number of nitrogens with one attached hydrogen (secondary N) is 2. The molecule has 0 saturated heterocycles. The Morgan fingerprint density at radius 2 is 1.85 bits per heavy atom. The summed E-state index contributed by atoms with van der Waals surface area (Å²) < 4.78 is 38.4. The molecule has 1 aliphatic carbocycles. The highest BCUT2D eigenvalue weighted by Gasteiger charge is 2.31. The Kier molecular flexibility index (Phi) is 6.67. The third-order valence-electron chi connectivity index (χ3n) is 4.87. The van der Waals surface area contributed by atoms with E-state index >= 15 is 0 Å². The number of carbonyl (C=O) groups is 2. The van der Waals surface area contributed by atoms with Crippen molar-refractivity contribution < 1.29 is 22.8 Å². The van der Waals surface area contributed by atoms with Crippen molar-refractivity contribution in [1.82, 2.24) is 10.6 Å². The van der Waals surface area contributed by atoms with E-state index in [2.05, 4.69) is 10.6 Å². The first-order valence-electron chi connectivity index (χ1n) is 8.88. The molecule has 1 unspecified atom stereocenters. The van der Waals surface area contributed by atoms with Gasteiger partial charge in [-0.1, -0.05) is 25.1 Å². The number of hydrogen-bond donors (Lipinski definition) is 2. The fourth-order valence-electron chi connectivity index (χ4n) is 3.32. The summed E-state index contributed by atoms with van der Waals surface area (Å²) in [4.78, 5) is 23.4. The molecule has 0 aromatic heterocycles. The Bertz CT molecular complexity index is 638. The maximum Gasteiger partial charge on any atom is 0.416 e. The van der Waals surface area contributed by atoms with Gasteiger partial charge in [0.2, 0.25) is 11.8 Å². The normalized spacial score (nSPS) is 21.7. The standard InChI is InChI=1S/C19H25F3N2O2/c1-12(15-4-3-5-16(10-15)19(20,21)22)11-23-18(26)14-6-8-17(9-7-14)24-13(2)25/h3-5,10,12,14,17H,6-9,11H2,1-2H3,(H,23,26)(H,24,25). The van der Waals surface area contributed by atoms with E-state index in [4.69, 9.17) is 0 Å². The van der Waals surface area contributed by atoms with Crippen LogP contribution >= 0.6 is 0 Å². The molecule has 0 spiro atoms. The van der Waals surface area contributed by atoms with Crippen LogP contribution in [0.3, 0.4) is 0 Å². The highest BCUT2D eigenvalue weighted by molar-refractivity contribution is 5.79. The van der Waals surface area contributed by atoms with Crippen LogP contribution in [0.4, 0.5) is 13.2 Å². The molecule has 2 rings (SSSR count). The van der Waals surface area contributed by atoms with Gasteiger partial charge in [-0.25, -0.2) is 0 Å². The number of halogens is 3. The van der Waals surface area contributed by atoms with Crippen LogP contribution < -0.4 is 10.6 Å². The second kappa shape index (κ2) is 8.56. The van der Waals surface area contributed by atoms with Crippen molar-refractivity contribution in [1.29, 1.82) is 0 Å². The summed E-state index contributed by atoms with van der Waals surface area (Å²) in [5.74, 6) is -0.441. The van der Waals surface area contributed by atoms with E-state index in [0.717, 1.165) is 25.0 Å². The van der Waals surface area contributed by atoms with Gasteiger partial charge in [-0.2, -0.15) is 13.2 Å². The molecule has 4 nitrogen and oxygen atoms in total. The highest BCUT2D eigenvalue weighted by atomic mass is 19.4. The second-order valence-electron chi connectivity index (χ2n) is 7.02. The minimum atomic E-state index is -4.37. The number of amides is 2. The fraction of sp³-hybridized carbons (Fsp3) is 0.579. The van der Waals surface area contributed by atoms with Gasteiger partial charge in [-0.05, 0) is 43.2 Å². The molecule has 0 aliphatic heterocycles. The van der Waals surface area contributed by atoms with Crippen LogP contribution in [0.25, 0.3) is 0 Å². The molecule has 1 fully saturated rings. The second-order valence-corrected chi connectivity index (χ2v) is 7.02. The average Bonchev–Trinajstić information content (AvgIpc) is 2.59. The minimum absolute atomic E-state index is 0.0622. The summed E-state index contributed by atoms with van der Waals surface area (Å²) >= 11 is 0. The number of hydrogen-bond acceptors (Lipinski definition) is 2. The van der Waals surface area contributed by atoms with E-state index in [9.17, 15) is 22.8 Å². The molecule has 0 radical (unpaired) electrons. The van der Waals surface area contributed by atoms with E-state index in [1.54, 1.807) is 13.0 Å². The topological polar surface area (TPSA) is 58.2 Å². The SMILES string of the molecule is CC(=O)NC1CCC(C(=O)NCC(C)c2cccc(C(F)(F)F)c2)CC1. The van der Waals surface area contributed by atoms with E-state index in [1.165, 1.54) is 13.0 Å². The largest absolute Gasteiger partial charge is 0.416 e. The Hall–Kier alpha value is -2.05. The van der Waals surface area contributed by atoms with Gasteiger partial charge in [0, 0.05) is 25.4 Å². The lowest BCUT2D eigenvalue weighted by atomic mass is 9.85. The van der Waals surface area contributed by atoms with Crippen molar-refractivity contribution in [3.8, 4) is 0 Å². The van der Waals surface area contributed by atoms with Crippen molar-refractivity contribution in [3.63, 3.8) is 0 Å². The third-order valence-corrected chi connectivity index (χ3v) is 4.87. The smallest absolute Gasteiger partial charge is 0.355 e. The van der Waals surface area contributed by atoms with Crippen LogP contribution in [0, 0.1) is 5.92 Å². The zero-order valence-corrected chi connectivity index (χ0v) is 15.0. The molecule has 1 aliphatic rings. The first-order chi connectivity index (χ1) is 12.2. The molecule has 26 heavy (non-hydrogen) atoms. The summed E-state index contributed by atoms with van der Waals surface area (Å²) in [6.45, 7) is 3.57. The van der Waals surface area contributed by atoms with Gasteiger partial charge in [0.1, 0.15) is 0 Å². The maximum atomic E-state index is 12.8. The zero-order chi connectivity index (χ0) is 19.3. The Labute approximate surface area is 151 Å². The summed E-state index contributed by atoms with van der Waals surface area (Å²) in [6, 6.07) is 5.34. The molecule has 1 aromatic carbocycles. The van der Waals surface area contributed by atoms with Gasteiger partial charge in [0.25, 0.3) is 0 Å². The molecular weight excluding hydrogens is 345 g/mol. The molecular formula is C19H25F3N2O2. The van der Waals surface area contributed by atoms with Crippen LogP contribution in [0.15, 0.2) is 24.3 Å². The summed E-state index contributed by atoms with van der Waals surface area (Å²) in [5.41, 5.74) is -0.126. The van der Waals surface area contributed by atoms with Crippen LogP contribution in [-0.4, -0.2) is 24.4 Å². The maximum absolute atomic E-state index is 12.8.